The summed E-state index contributed by atoms with van der Waals surface area (Å²) >= 11 is 0. The number of nitrogens with one attached hydrogen (secondary N) is 2. The Morgan fingerprint density at radius 3 is 2.38 bits per heavy atom. The first-order valence-electron chi connectivity index (χ1n) is 7.10. The van der Waals surface area contributed by atoms with E-state index in [0.717, 1.165) is 6.07 Å². The minimum Gasteiger partial charge on any atom is -0.384 e. The van der Waals surface area contributed by atoms with E-state index >= 15 is 0 Å². The number of carbonyl (C=O) groups excluding carboxylic acids is 1. The molecule has 4 nitrogen and oxygen atoms in total. The van der Waals surface area contributed by atoms with Crippen molar-refractivity contribution in [2.24, 2.45) is 0 Å². The van der Waals surface area contributed by atoms with Crippen LogP contribution in [0.4, 0.5) is 24.5 Å². The van der Waals surface area contributed by atoms with Crippen LogP contribution in [0.5, 0.6) is 0 Å². The van der Waals surface area contributed by atoms with E-state index in [0.29, 0.717) is 11.3 Å². The van der Waals surface area contributed by atoms with Crippen LogP contribution in [-0.4, -0.2) is 12.5 Å². The van der Waals surface area contributed by atoms with E-state index in [1.54, 1.807) is 24.3 Å². The van der Waals surface area contributed by atoms with Crippen LogP contribution in [0.1, 0.15) is 17.5 Å². The fourth-order valence-electron chi connectivity index (χ4n) is 2.05. The summed E-state index contributed by atoms with van der Waals surface area (Å²) in [6.45, 7) is 0.0647. The number of rotatable bonds is 5. The first-order chi connectivity index (χ1) is 11.4. The largest absolute Gasteiger partial charge is 0.418 e. The maximum Gasteiger partial charge on any atom is 0.418 e. The summed E-state index contributed by atoms with van der Waals surface area (Å²) in [6.07, 6.45) is -4.44. The van der Waals surface area contributed by atoms with Crippen molar-refractivity contribution in [2.75, 3.05) is 17.2 Å². The van der Waals surface area contributed by atoms with E-state index in [-0.39, 0.29) is 24.6 Å². The van der Waals surface area contributed by atoms with E-state index in [1.807, 2.05) is 6.07 Å². The molecule has 0 bridgehead atoms. The molecule has 0 fully saturated rings. The Morgan fingerprint density at radius 1 is 1.08 bits per heavy atom. The lowest BCUT2D eigenvalue weighted by Gasteiger charge is -2.14. The van der Waals surface area contributed by atoms with Gasteiger partial charge in [0.05, 0.1) is 17.2 Å². The lowest BCUT2D eigenvalue weighted by Crippen LogP contribution is -2.17. The van der Waals surface area contributed by atoms with Crippen molar-refractivity contribution < 1.29 is 18.0 Å². The number of halogens is 3. The minimum atomic E-state index is -4.45. The smallest absolute Gasteiger partial charge is 0.384 e. The molecule has 0 aromatic heterocycles. The zero-order valence-corrected chi connectivity index (χ0v) is 12.5. The fourth-order valence-corrected chi connectivity index (χ4v) is 2.05. The molecular formula is C17H14F3N3O. The number of nitrogens with zero attached hydrogens (tertiary/aromatic N) is 1. The molecule has 2 N–H and O–H groups in total. The highest BCUT2D eigenvalue weighted by Crippen LogP contribution is 2.34. The molecule has 7 heteroatoms. The Bertz CT molecular complexity index is 749. The first kappa shape index (κ1) is 17.3. The molecule has 0 aliphatic rings. The summed E-state index contributed by atoms with van der Waals surface area (Å²) < 4.78 is 38.5. The number of nitriles is 1. The maximum atomic E-state index is 12.8. The van der Waals surface area contributed by atoms with Gasteiger partial charge in [-0.05, 0) is 36.4 Å². The maximum absolute atomic E-state index is 12.8. The van der Waals surface area contributed by atoms with Gasteiger partial charge in [0, 0.05) is 24.3 Å². The topological polar surface area (TPSA) is 64.9 Å². The van der Waals surface area contributed by atoms with Gasteiger partial charge in [-0.25, -0.2) is 0 Å². The van der Waals surface area contributed by atoms with Gasteiger partial charge in [-0.3, -0.25) is 4.79 Å². The number of para-hydroxylation sites is 1. The molecule has 124 valence electrons. The van der Waals surface area contributed by atoms with Crippen molar-refractivity contribution >= 4 is 17.3 Å². The summed E-state index contributed by atoms with van der Waals surface area (Å²) in [5.41, 5.74) is 0.168. The molecule has 0 saturated carbocycles. The number of hydrogen-bond acceptors (Lipinski definition) is 3. The molecular weight excluding hydrogens is 319 g/mol. The van der Waals surface area contributed by atoms with E-state index in [1.165, 1.54) is 18.2 Å². The van der Waals surface area contributed by atoms with Crippen molar-refractivity contribution in [1.82, 2.24) is 0 Å². The summed E-state index contributed by atoms with van der Waals surface area (Å²) in [4.78, 5) is 11.8. The SMILES string of the molecule is N#Cc1ccc(NC(=O)CCNc2ccccc2C(F)(F)F)cc1. The zero-order chi connectivity index (χ0) is 17.6. The molecule has 0 radical (unpaired) electrons. The van der Waals surface area contributed by atoms with Crippen molar-refractivity contribution in [3.63, 3.8) is 0 Å². The standard InChI is InChI=1S/C17H14F3N3O/c18-17(19,20)14-3-1-2-4-15(14)22-10-9-16(24)23-13-7-5-12(11-21)6-8-13/h1-8,22H,9-10H2,(H,23,24). The van der Waals surface area contributed by atoms with Gasteiger partial charge in [0.25, 0.3) is 0 Å². The van der Waals surface area contributed by atoms with Crippen molar-refractivity contribution in [1.29, 1.82) is 5.26 Å². The number of alkyl halides is 3. The molecule has 0 atom stereocenters. The molecule has 24 heavy (non-hydrogen) atoms. The lowest BCUT2D eigenvalue weighted by molar-refractivity contribution is -0.137. The van der Waals surface area contributed by atoms with Crippen LogP contribution >= 0.6 is 0 Å². The Balaban J connectivity index is 1.88. The second kappa shape index (κ2) is 7.51. The highest BCUT2D eigenvalue weighted by molar-refractivity contribution is 5.91. The second-order valence-corrected chi connectivity index (χ2v) is 4.96. The first-order valence-corrected chi connectivity index (χ1v) is 7.10. The van der Waals surface area contributed by atoms with Crippen LogP contribution in [0.25, 0.3) is 0 Å². The Hall–Kier alpha value is -3.01. The predicted molar refractivity (Wildman–Crippen MR) is 84.3 cm³/mol. The van der Waals surface area contributed by atoms with Crippen molar-refractivity contribution in [3.05, 3.63) is 59.7 Å². The van der Waals surface area contributed by atoms with Crippen LogP contribution in [-0.2, 0) is 11.0 Å². The average Bonchev–Trinajstić information content (AvgIpc) is 2.55. The molecule has 2 aromatic carbocycles. The average molecular weight is 333 g/mol. The third-order valence-electron chi connectivity index (χ3n) is 3.20. The molecule has 2 rings (SSSR count). The minimum absolute atomic E-state index is 0.00614. The number of anilines is 2. The van der Waals surface area contributed by atoms with Crippen LogP contribution < -0.4 is 10.6 Å². The third-order valence-corrected chi connectivity index (χ3v) is 3.20. The second-order valence-electron chi connectivity index (χ2n) is 4.96. The van der Waals surface area contributed by atoms with E-state index in [9.17, 15) is 18.0 Å². The number of amides is 1. The molecule has 0 spiro atoms. The van der Waals surface area contributed by atoms with Gasteiger partial charge in [0.1, 0.15) is 0 Å². The van der Waals surface area contributed by atoms with Gasteiger partial charge in [-0.15, -0.1) is 0 Å². The number of benzene rings is 2. The Kier molecular flexibility index (Phi) is 5.42. The quantitative estimate of drug-likeness (QED) is 0.869. The molecule has 0 aliphatic carbocycles. The van der Waals surface area contributed by atoms with Crippen LogP contribution in [0, 0.1) is 11.3 Å². The highest BCUT2D eigenvalue weighted by Gasteiger charge is 2.32. The number of carbonyl (C=O) groups is 1. The summed E-state index contributed by atoms with van der Waals surface area (Å²) in [5.74, 6) is -0.336. The summed E-state index contributed by atoms with van der Waals surface area (Å²) in [7, 11) is 0. The van der Waals surface area contributed by atoms with Crippen molar-refractivity contribution in [3.8, 4) is 6.07 Å². The monoisotopic (exact) mass is 333 g/mol. The molecule has 0 aliphatic heterocycles. The van der Waals surface area contributed by atoms with Gasteiger partial charge in [0.15, 0.2) is 0 Å². The third kappa shape index (κ3) is 4.74. The summed E-state index contributed by atoms with van der Waals surface area (Å²) in [6, 6.07) is 13.4. The van der Waals surface area contributed by atoms with Gasteiger partial charge < -0.3 is 10.6 Å². The molecule has 2 aromatic rings. The Morgan fingerprint density at radius 2 is 1.75 bits per heavy atom. The van der Waals surface area contributed by atoms with Crippen LogP contribution in [0.3, 0.4) is 0 Å². The predicted octanol–water partition coefficient (Wildman–Crippen LogP) is 4.02. The van der Waals surface area contributed by atoms with E-state index in [4.69, 9.17) is 5.26 Å². The highest BCUT2D eigenvalue weighted by atomic mass is 19.4. The molecule has 0 heterocycles. The van der Waals surface area contributed by atoms with Gasteiger partial charge >= 0.3 is 6.18 Å². The molecule has 0 saturated heterocycles. The fraction of sp³-hybridized carbons (Fsp3) is 0.176. The summed E-state index contributed by atoms with van der Waals surface area (Å²) in [5, 5.41) is 13.9. The van der Waals surface area contributed by atoms with Gasteiger partial charge in [0.2, 0.25) is 5.91 Å². The van der Waals surface area contributed by atoms with Gasteiger partial charge in [-0.2, -0.15) is 18.4 Å². The van der Waals surface area contributed by atoms with Crippen LogP contribution in [0.15, 0.2) is 48.5 Å². The normalized spacial score (nSPS) is 10.8. The number of hydrogen-bond donors (Lipinski definition) is 2. The molecule has 1 amide bonds. The molecule has 0 unspecified atom stereocenters. The zero-order valence-electron chi connectivity index (χ0n) is 12.5. The van der Waals surface area contributed by atoms with Gasteiger partial charge in [-0.1, -0.05) is 12.1 Å². The van der Waals surface area contributed by atoms with E-state index < -0.39 is 11.7 Å². The van der Waals surface area contributed by atoms with Crippen molar-refractivity contribution in [2.45, 2.75) is 12.6 Å². The Labute approximate surface area is 136 Å². The van der Waals surface area contributed by atoms with Crippen LogP contribution in [0.2, 0.25) is 0 Å². The van der Waals surface area contributed by atoms with E-state index in [2.05, 4.69) is 10.6 Å². The lowest BCUT2D eigenvalue weighted by atomic mass is 10.1.